The van der Waals surface area contributed by atoms with Crippen molar-refractivity contribution in [2.75, 3.05) is 13.7 Å². The first-order chi connectivity index (χ1) is 7.70. The third-order valence-electron chi connectivity index (χ3n) is 2.69. The van der Waals surface area contributed by atoms with E-state index in [-0.39, 0.29) is 6.10 Å². The first-order valence-corrected chi connectivity index (χ1v) is 5.22. The zero-order chi connectivity index (χ0) is 11.5. The molecule has 1 aliphatic heterocycles. The van der Waals surface area contributed by atoms with Crippen molar-refractivity contribution in [3.8, 4) is 5.75 Å². The number of ether oxygens (including phenoxy) is 2. The van der Waals surface area contributed by atoms with Crippen LogP contribution in [0, 0.1) is 0 Å². The minimum absolute atomic E-state index is 0.0770. The Balaban J connectivity index is 2.19. The van der Waals surface area contributed by atoms with Crippen LogP contribution in [0.5, 0.6) is 5.75 Å². The summed E-state index contributed by atoms with van der Waals surface area (Å²) in [7, 11) is 1.65. The molecule has 2 rings (SSSR count). The van der Waals surface area contributed by atoms with E-state index in [0.717, 1.165) is 24.2 Å². The van der Waals surface area contributed by atoms with Gasteiger partial charge in [-0.05, 0) is 36.6 Å². The van der Waals surface area contributed by atoms with E-state index in [2.05, 4.69) is 0 Å². The third kappa shape index (κ3) is 2.17. The molecule has 0 bridgehead atoms. The van der Waals surface area contributed by atoms with Crippen molar-refractivity contribution < 1.29 is 19.4 Å². The number of hydrogen-bond acceptors (Lipinski definition) is 3. The lowest BCUT2D eigenvalue weighted by Gasteiger charge is -2.25. The average molecular weight is 222 g/mol. The Labute approximate surface area is 93.8 Å². The maximum absolute atomic E-state index is 10.8. The zero-order valence-corrected chi connectivity index (χ0v) is 9.10. The van der Waals surface area contributed by atoms with Gasteiger partial charge in [0, 0.05) is 7.11 Å². The highest BCUT2D eigenvalue weighted by Crippen LogP contribution is 2.28. The lowest BCUT2D eigenvalue weighted by Crippen LogP contribution is -2.27. The quantitative estimate of drug-likeness (QED) is 0.846. The van der Waals surface area contributed by atoms with E-state index in [1.165, 1.54) is 0 Å². The summed E-state index contributed by atoms with van der Waals surface area (Å²) in [4.78, 5) is 10.8. The maximum Gasteiger partial charge on any atom is 0.335 e. The van der Waals surface area contributed by atoms with Crippen LogP contribution in [0.1, 0.15) is 22.3 Å². The molecule has 4 nitrogen and oxygen atoms in total. The van der Waals surface area contributed by atoms with E-state index in [9.17, 15) is 4.79 Å². The van der Waals surface area contributed by atoms with Crippen molar-refractivity contribution in [2.45, 2.75) is 18.9 Å². The summed E-state index contributed by atoms with van der Waals surface area (Å²) in [5.41, 5.74) is 1.28. The number of carboxylic acids is 1. The number of methoxy groups -OCH3 is 1. The predicted molar refractivity (Wildman–Crippen MR) is 58.0 cm³/mol. The third-order valence-corrected chi connectivity index (χ3v) is 2.69. The van der Waals surface area contributed by atoms with Crippen molar-refractivity contribution in [3.05, 3.63) is 29.3 Å². The summed E-state index contributed by atoms with van der Waals surface area (Å²) < 4.78 is 10.7. The minimum Gasteiger partial charge on any atom is -0.488 e. The molecule has 4 heteroatoms. The molecular formula is C12H14O4. The molecule has 0 saturated heterocycles. The molecule has 1 heterocycles. The second-order valence-electron chi connectivity index (χ2n) is 3.86. The number of benzene rings is 1. The molecular weight excluding hydrogens is 208 g/mol. The van der Waals surface area contributed by atoms with Crippen molar-refractivity contribution in [2.24, 2.45) is 0 Å². The average Bonchev–Trinajstić information content (AvgIpc) is 2.28. The summed E-state index contributed by atoms with van der Waals surface area (Å²) in [6.45, 7) is 0.570. The van der Waals surface area contributed by atoms with E-state index in [1.54, 1.807) is 25.3 Å². The normalized spacial score (nSPS) is 18.7. The maximum atomic E-state index is 10.8. The van der Waals surface area contributed by atoms with Gasteiger partial charge >= 0.3 is 5.97 Å². The number of rotatable bonds is 3. The number of hydrogen-bond donors (Lipinski definition) is 1. The highest BCUT2D eigenvalue weighted by molar-refractivity contribution is 5.88. The molecule has 0 saturated carbocycles. The molecule has 1 unspecified atom stereocenters. The summed E-state index contributed by atoms with van der Waals surface area (Å²) >= 11 is 0. The van der Waals surface area contributed by atoms with E-state index in [1.807, 2.05) is 0 Å². The monoisotopic (exact) mass is 222 g/mol. The van der Waals surface area contributed by atoms with Gasteiger partial charge in [-0.2, -0.15) is 0 Å². The van der Waals surface area contributed by atoms with Crippen LogP contribution in [0.25, 0.3) is 0 Å². The van der Waals surface area contributed by atoms with Crippen LogP contribution < -0.4 is 4.74 Å². The van der Waals surface area contributed by atoms with Gasteiger partial charge in [-0.15, -0.1) is 0 Å². The van der Waals surface area contributed by atoms with Gasteiger partial charge in [0.25, 0.3) is 0 Å². The second-order valence-corrected chi connectivity index (χ2v) is 3.86. The largest absolute Gasteiger partial charge is 0.488 e. The number of aryl methyl sites for hydroxylation is 1. The fourth-order valence-electron chi connectivity index (χ4n) is 1.88. The topological polar surface area (TPSA) is 55.8 Å². The molecule has 0 aromatic heterocycles. The standard InChI is InChI=1S/C12H14O4/c1-15-7-10-4-2-8-6-9(12(13)14)3-5-11(8)16-10/h3,5-6,10H,2,4,7H2,1H3,(H,13,14). The Morgan fingerprint density at radius 1 is 1.62 bits per heavy atom. The molecule has 86 valence electrons. The summed E-state index contributed by atoms with van der Waals surface area (Å²) in [6, 6.07) is 4.97. The molecule has 1 aromatic rings. The van der Waals surface area contributed by atoms with Gasteiger partial charge in [-0.3, -0.25) is 0 Å². The molecule has 1 aromatic carbocycles. The molecule has 0 amide bonds. The van der Waals surface area contributed by atoms with Crippen molar-refractivity contribution in [1.29, 1.82) is 0 Å². The lowest BCUT2D eigenvalue weighted by atomic mass is 10.0. The van der Waals surface area contributed by atoms with Crippen molar-refractivity contribution in [1.82, 2.24) is 0 Å². The summed E-state index contributed by atoms with van der Waals surface area (Å²) in [6.07, 6.45) is 1.78. The van der Waals surface area contributed by atoms with Gasteiger partial charge in [0.2, 0.25) is 0 Å². The van der Waals surface area contributed by atoms with Crippen molar-refractivity contribution in [3.63, 3.8) is 0 Å². The first-order valence-electron chi connectivity index (χ1n) is 5.22. The van der Waals surface area contributed by atoms with Crippen LogP contribution in [-0.4, -0.2) is 30.9 Å². The van der Waals surface area contributed by atoms with Gasteiger partial charge in [0.1, 0.15) is 11.9 Å². The number of aromatic carboxylic acids is 1. The predicted octanol–water partition coefficient (Wildman–Crippen LogP) is 1.72. The van der Waals surface area contributed by atoms with Crippen molar-refractivity contribution >= 4 is 5.97 Å². The lowest BCUT2D eigenvalue weighted by molar-refractivity contribution is 0.0669. The minimum atomic E-state index is -0.901. The van der Waals surface area contributed by atoms with Crippen LogP contribution in [0.2, 0.25) is 0 Å². The molecule has 0 spiro atoms. The van der Waals surface area contributed by atoms with Crippen LogP contribution in [0.4, 0.5) is 0 Å². The van der Waals surface area contributed by atoms with Gasteiger partial charge in [-0.1, -0.05) is 0 Å². The number of carboxylic acid groups (broad SMARTS) is 1. The molecule has 0 aliphatic carbocycles. The van der Waals surface area contributed by atoms with Crippen LogP contribution >= 0.6 is 0 Å². The van der Waals surface area contributed by atoms with Crippen LogP contribution in [-0.2, 0) is 11.2 Å². The summed E-state index contributed by atoms with van der Waals surface area (Å²) in [5, 5.41) is 8.86. The fraction of sp³-hybridized carbons (Fsp3) is 0.417. The molecule has 1 N–H and O–H groups in total. The fourth-order valence-corrected chi connectivity index (χ4v) is 1.88. The second kappa shape index (κ2) is 4.53. The van der Waals surface area contributed by atoms with Gasteiger partial charge < -0.3 is 14.6 Å². The number of carbonyl (C=O) groups is 1. The zero-order valence-electron chi connectivity index (χ0n) is 9.10. The van der Waals surface area contributed by atoms with E-state index in [4.69, 9.17) is 14.6 Å². The molecule has 16 heavy (non-hydrogen) atoms. The first kappa shape index (κ1) is 11.0. The van der Waals surface area contributed by atoms with Gasteiger partial charge in [0.15, 0.2) is 0 Å². The highest BCUT2D eigenvalue weighted by Gasteiger charge is 2.20. The Morgan fingerprint density at radius 3 is 3.12 bits per heavy atom. The van der Waals surface area contributed by atoms with Crippen LogP contribution in [0.3, 0.4) is 0 Å². The smallest absolute Gasteiger partial charge is 0.335 e. The van der Waals surface area contributed by atoms with E-state index in [0.29, 0.717) is 12.2 Å². The highest BCUT2D eigenvalue weighted by atomic mass is 16.5. The SMILES string of the molecule is COCC1CCc2cc(C(=O)O)ccc2O1. The summed E-state index contributed by atoms with van der Waals surface area (Å²) in [5.74, 6) is -0.125. The van der Waals surface area contributed by atoms with Gasteiger partial charge in [0.05, 0.1) is 12.2 Å². The van der Waals surface area contributed by atoms with Crippen LogP contribution in [0.15, 0.2) is 18.2 Å². The Bertz CT molecular complexity index is 400. The van der Waals surface area contributed by atoms with E-state index < -0.39 is 5.97 Å². The Hall–Kier alpha value is -1.55. The Kier molecular flexibility index (Phi) is 3.10. The number of fused-ring (bicyclic) bond motifs is 1. The van der Waals surface area contributed by atoms with Gasteiger partial charge in [-0.25, -0.2) is 4.79 Å². The Morgan fingerprint density at radius 2 is 2.44 bits per heavy atom. The van der Waals surface area contributed by atoms with E-state index >= 15 is 0 Å². The molecule has 0 fully saturated rings. The molecule has 0 radical (unpaired) electrons. The molecule has 1 aliphatic rings. The molecule has 1 atom stereocenters.